The van der Waals surface area contributed by atoms with Gasteiger partial charge in [0.05, 0.1) is 5.69 Å². The summed E-state index contributed by atoms with van der Waals surface area (Å²) in [5, 5.41) is 3.85. The number of rotatable bonds is 3. The minimum atomic E-state index is 0.712. The van der Waals surface area contributed by atoms with Gasteiger partial charge in [-0.15, -0.1) is 0 Å². The Kier molecular flexibility index (Phi) is 4.07. The summed E-state index contributed by atoms with van der Waals surface area (Å²) in [6.45, 7) is 5.35. The van der Waals surface area contributed by atoms with Crippen molar-refractivity contribution in [3.05, 3.63) is 23.9 Å². The van der Waals surface area contributed by atoms with Crippen molar-refractivity contribution < 1.29 is 0 Å². The lowest BCUT2D eigenvalue weighted by atomic mass is 10.3. The van der Waals surface area contributed by atoms with E-state index in [0.717, 1.165) is 31.1 Å². The van der Waals surface area contributed by atoms with E-state index in [2.05, 4.69) is 40.3 Å². The molecule has 3 nitrogen and oxygen atoms in total. The molecule has 1 fully saturated rings. The van der Waals surface area contributed by atoms with Gasteiger partial charge in [0.25, 0.3) is 0 Å². The fourth-order valence-corrected chi connectivity index (χ4v) is 2.96. The second-order valence-corrected chi connectivity index (χ2v) is 5.69. The van der Waals surface area contributed by atoms with Gasteiger partial charge in [-0.2, -0.15) is 11.8 Å². The van der Waals surface area contributed by atoms with Crippen LogP contribution in [0.15, 0.2) is 18.2 Å². The van der Waals surface area contributed by atoms with Crippen LogP contribution in [0.3, 0.4) is 0 Å². The zero-order chi connectivity index (χ0) is 11.4. The molecule has 88 valence electrons. The van der Waals surface area contributed by atoms with E-state index < -0.39 is 0 Å². The van der Waals surface area contributed by atoms with Crippen LogP contribution in [0.4, 0.5) is 5.82 Å². The SMILES string of the molecule is CNCc1cccc(N2CCSC(C)C2)n1. The van der Waals surface area contributed by atoms with Crippen LogP contribution in [0.25, 0.3) is 0 Å². The van der Waals surface area contributed by atoms with Gasteiger partial charge in [0, 0.05) is 30.6 Å². The molecule has 0 amide bonds. The van der Waals surface area contributed by atoms with E-state index in [-0.39, 0.29) is 0 Å². The summed E-state index contributed by atoms with van der Waals surface area (Å²) >= 11 is 2.05. The minimum Gasteiger partial charge on any atom is -0.355 e. The van der Waals surface area contributed by atoms with Crippen molar-refractivity contribution in [1.29, 1.82) is 0 Å². The molecule has 1 aromatic heterocycles. The van der Waals surface area contributed by atoms with Crippen LogP contribution in [0.1, 0.15) is 12.6 Å². The molecule has 1 aromatic rings. The summed E-state index contributed by atoms with van der Waals surface area (Å²) in [4.78, 5) is 7.06. The van der Waals surface area contributed by atoms with Gasteiger partial charge in [0.1, 0.15) is 5.82 Å². The Morgan fingerprint density at radius 2 is 2.44 bits per heavy atom. The van der Waals surface area contributed by atoms with Crippen molar-refractivity contribution in [3.8, 4) is 0 Å². The van der Waals surface area contributed by atoms with Crippen LogP contribution in [-0.2, 0) is 6.54 Å². The normalized spacial score (nSPS) is 21.1. The molecule has 0 aliphatic carbocycles. The van der Waals surface area contributed by atoms with Crippen molar-refractivity contribution in [1.82, 2.24) is 10.3 Å². The molecule has 0 spiro atoms. The van der Waals surface area contributed by atoms with Gasteiger partial charge in [-0.05, 0) is 19.2 Å². The summed E-state index contributed by atoms with van der Waals surface area (Å²) in [6, 6.07) is 6.28. The van der Waals surface area contributed by atoms with Gasteiger partial charge in [0.2, 0.25) is 0 Å². The third kappa shape index (κ3) is 2.89. The molecule has 1 aliphatic rings. The van der Waals surface area contributed by atoms with E-state index in [1.165, 1.54) is 5.75 Å². The molecule has 16 heavy (non-hydrogen) atoms. The highest BCUT2D eigenvalue weighted by Gasteiger charge is 2.17. The second kappa shape index (κ2) is 5.55. The Bertz CT molecular complexity index is 343. The number of pyridine rings is 1. The average molecular weight is 237 g/mol. The van der Waals surface area contributed by atoms with E-state index in [1.54, 1.807) is 0 Å². The first-order valence-electron chi connectivity index (χ1n) is 5.76. The lowest BCUT2D eigenvalue weighted by Gasteiger charge is -2.31. The maximum atomic E-state index is 4.67. The topological polar surface area (TPSA) is 28.2 Å². The molecular weight excluding hydrogens is 218 g/mol. The molecule has 1 unspecified atom stereocenters. The second-order valence-electron chi connectivity index (χ2n) is 4.14. The van der Waals surface area contributed by atoms with Gasteiger partial charge in [-0.25, -0.2) is 4.98 Å². The third-order valence-electron chi connectivity index (χ3n) is 2.72. The first-order chi connectivity index (χ1) is 7.79. The van der Waals surface area contributed by atoms with Gasteiger partial charge < -0.3 is 10.2 Å². The Hall–Kier alpha value is -0.740. The van der Waals surface area contributed by atoms with E-state index in [0.29, 0.717) is 5.25 Å². The zero-order valence-electron chi connectivity index (χ0n) is 9.94. The van der Waals surface area contributed by atoms with E-state index in [9.17, 15) is 0 Å². The summed E-state index contributed by atoms with van der Waals surface area (Å²) in [5.74, 6) is 2.33. The molecule has 4 heteroatoms. The molecule has 0 bridgehead atoms. The van der Waals surface area contributed by atoms with Crippen molar-refractivity contribution in [2.45, 2.75) is 18.7 Å². The van der Waals surface area contributed by atoms with Crippen LogP contribution in [-0.4, -0.2) is 36.1 Å². The molecule has 0 saturated carbocycles. The predicted molar refractivity (Wildman–Crippen MR) is 71.1 cm³/mol. The average Bonchev–Trinajstić information content (AvgIpc) is 2.30. The molecular formula is C12H19N3S. The summed E-state index contributed by atoms with van der Waals surface area (Å²) < 4.78 is 0. The molecule has 1 atom stereocenters. The standard InChI is InChI=1S/C12H19N3S/c1-10-9-15(6-7-16-10)12-5-3-4-11(14-12)8-13-2/h3-5,10,13H,6-9H2,1-2H3. The van der Waals surface area contributed by atoms with Crippen LogP contribution in [0.2, 0.25) is 0 Å². The largest absolute Gasteiger partial charge is 0.355 e. The van der Waals surface area contributed by atoms with Crippen LogP contribution < -0.4 is 10.2 Å². The van der Waals surface area contributed by atoms with Gasteiger partial charge in [-0.3, -0.25) is 0 Å². The lowest BCUT2D eigenvalue weighted by molar-refractivity contribution is 0.750. The van der Waals surface area contributed by atoms with Crippen molar-refractivity contribution >= 4 is 17.6 Å². The Balaban J connectivity index is 2.09. The highest BCUT2D eigenvalue weighted by atomic mass is 32.2. The van der Waals surface area contributed by atoms with Gasteiger partial charge >= 0.3 is 0 Å². The molecule has 1 saturated heterocycles. The molecule has 2 rings (SSSR count). The summed E-state index contributed by atoms with van der Waals surface area (Å²) in [7, 11) is 1.95. The molecule has 1 N–H and O–H groups in total. The summed E-state index contributed by atoms with van der Waals surface area (Å²) in [6.07, 6.45) is 0. The maximum Gasteiger partial charge on any atom is 0.128 e. The number of anilines is 1. The maximum absolute atomic E-state index is 4.67. The first-order valence-corrected chi connectivity index (χ1v) is 6.81. The Labute approximate surface area is 102 Å². The van der Waals surface area contributed by atoms with Crippen LogP contribution in [0, 0.1) is 0 Å². The number of aromatic nitrogens is 1. The summed E-state index contributed by atoms with van der Waals surface area (Å²) in [5.41, 5.74) is 1.12. The van der Waals surface area contributed by atoms with Crippen LogP contribution >= 0.6 is 11.8 Å². The monoisotopic (exact) mass is 237 g/mol. The fraction of sp³-hybridized carbons (Fsp3) is 0.583. The quantitative estimate of drug-likeness (QED) is 0.867. The highest BCUT2D eigenvalue weighted by Crippen LogP contribution is 2.22. The molecule has 0 radical (unpaired) electrons. The fourth-order valence-electron chi connectivity index (χ4n) is 1.95. The van der Waals surface area contributed by atoms with Crippen LogP contribution in [0.5, 0.6) is 0 Å². The Morgan fingerprint density at radius 3 is 3.19 bits per heavy atom. The molecule has 0 aromatic carbocycles. The number of nitrogens with one attached hydrogen (secondary N) is 1. The third-order valence-corrected chi connectivity index (χ3v) is 3.85. The first kappa shape index (κ1) is 11.7. The lowest BCUT2D eigenvalue weighted by Crippen LogP contribution is -2.37. The highest BCUT2D eigenvalue weighted by molar-refractivity contribution is 8.00. The molecule has 2 heterocycles. The minimum absolute atomic E-state index is 0.712. The van der Waals surface area contributed by atoms with E-state index in [1.807, 2.05) is 18.8 Å². The van der Waals surface area contributed by atoms with E-state index >= 15 is 0 Å². The zero-order valence-corrected chi connectivity index (χ0v) is 10.8. The van der Waals surface area contributed by atoms with Crippen molar-refractivity contribution in [2.75, 3.05) is 30.8 Å². The molecule has 1 aliphatic heterocycles. The van der Waals surface area contributed by atoms with Crippen molar-refractivity contribution in [3.63, 3.8) is 0 Å². The number of thioether (sulfide) groups is 1. The van der Waals surface area contributed by atoms with Gasteiger partial charge in [-0.1, -0.05) is 13.0 Å². The van der Waals surface area contributed by atoms with Crippen molar-refractivity contribution in [2.24, 2.45) is 0 Å². The van der Waals surface area contributed by atoms with Gasteiger partial charge in [0.15, 0.2) is 0 Å². The van der Waals surface area contributed by atoms with E-state index in [4.69, 9.17) is 0 Å². The number of hydrogen-bond donors (Lipinski definition) is 1. The number of hydrogen-bond acceptors (Lipinski definition) is 4. The smallest absolute Gasteiger partial charge is 0.128 e. The number of nitrogens with zero attached hydrogens (tertiary/aromatic N) is 2. The predicted octanol–water partition coefficient (Wildman–Crippen LogP) is 1.74. The Morgan fingerprint density at radius 1 is 1.56 bits per heavy atom.